The average Bonchev–Trinajstić information content (AvgIpc) is 2.52. The number of benzene rings is 2. The summed E-state index contributed by atoms with van der Waals surface area (Å²) < 4.78 is 5.87. The Morgan fingerprint density at radius 3 is 2.04 bits per heavy atom. The van der Waals surface area contributed by atoms with Crippen LogP contribution in [0, 0.1) is 0 Å². The first kappa shape index (κ1) is 20.6. The summed E-state index contributed by atoms with van der Waals surface area (Å²) in [7, 11) is 2.12. The number of carbonyl (C=O) groups excluding carboxylic acids is 1. The van der Waals surface area contributed by atoms with E-state index in [9.17, 15) is 4.79 Å². The Bertz CT molecular complexity index is 808. The van der Waals surface area contributed by atoms with Gasteiger partial charge in [0, 0.05) is 16.4 Å². The van der Waals surface area contributed by atoms with Crippen molar-refractivity contribution in [1.29, 1.82) is 0 Å². The Morgan fingerprint density at radius 1 is 0.923 bits per heavy atom. The second kappa shape index (κ2) is 7.53. The van der Waals surface area contributed by atoms with E-state index in [4.69, 9.17) is 4.74 Å². The molecule has 0 aromatic heterocycles. The molecule has 0 saturated carbocycles. The molecule has 2 aromatic rings. The molecule has 2 aromatic carbocycles. The van der Waals surface area contributed by atoms with Gasteiger partial charge in [0.05, 0.1) is 7.11 Å². The average molecular weight is 370 g/mol. The number of hydrogen-bond donors (Lipinski definition) is 0. The van der Waals surface area contributed by atoms with Crippen molar-refractivity contribution in [2.75, 3.05) is 7.11 Å². The molecule has 0 saturated heterocycles. The zero-order valence-electron chi connectivity index (χ0n) is 17.3. The second-order valence-corrected chi connectivity index (χ2v) is 10.2. The van der Waals surface area contributed by atoms with Crippen LogP contribution in [0.1, 0.15) is 70.0 Å². The second-order valence-electron chi connectivity index (χ2n) is 8.83. The SMILES string of the molecule is COc1c(Pc2ccccc2C(C)=O)cc(C(C)(C)C)cc1C(C)(C)C. The van der Waals surface area contributed by atoms with E-state index in [1.165, 1.54) is 16.4 Å². The van der Waals surface area contributed by atoms with Crippen molar-refractivity contribution in [2.24, 2.45) is 0 Å². The largest absolute Gasteiger partial charge is 0.496 e. The lowest BCUT2D eigenvalue weighted by Gasteiger charge is -2.29. The summed E-state index contributed by atoms with van der Waals surface area (Å²) in [6.07, 6.45) is 0. The van der Waals surface area contributed by atoms with Crippen molar-refractivity contribution in [2.45, 2.75) is 59.3 Å². The molecular formula is C23H31O2P. The molecule has 0 amide bonds. The van der Waals surface area contributed by atoms with Gasteiger partial charge in [0.25, 0.3) is 0 Å². The summed E-state index contributed by atoms with van der Waals surface area (Å²) in [5.74, 6) is 1.05. The van der Waals surface area contributed by atoms with Crippen molar-refractivity contribution in [3.8, 4) is 5.75 Å². The van der Waals surface area contributed by atoms with E-state index in [1.807, 2.05) is 18.2 Å². The van der Waals surface area contributed by atoms with Gasteiger partial charge in [-0.25, -0.2) is 0 Å². The molecule has 1 atom stereocenters. The van der Waals surface area contributed by atoms with Crippen LogP contribution in [0.2, 0.25) is 0 Å². The number of rotatable bonds is 4. The molecule has 26 heavy (non-hydrogen) atoms. The van der Waals surface area contributed by atoms with Crippen LogP contribution in [-0.4, -0.2) is 12.9 Å². The molecule has 0 aliphatic rings. The molecule has 2 rings (SSSR count). The third-order valence-corrected chi connectivity index (χ3v) is 5.89. The number of ketones is 1. The summed E-state index contributed by atoms with van der Waals surface area (Å²) >= 11 is 0. The number of methoxy groups -OCH3 is 1. The minimum Gasteiger partial charge on any atom is -0.496 e. The van der Waals surface area contributed by atoms with E-state index in [-0.39, 0.29) is 16.6 Å². The topological polar surface area (TPSA) is 26.3 Å². The van der Waals surface area contributed by atoms with Gasteiger partial charge in [0.2, 0.25) is 0 Å². The van der Waals surface area contributed by atoms with Crippen LogP contribution in [0.25, 0.3) is 0 Å². The van der Waals surface area contributed by atoms with E-state index in [0.717, 1.165) is 16.6 Å². The van der Waals surface area contributed by atoms with Gasteiger partial charge < -0.3 is 4.74 Å². The lowest BCUT2D eigenvalue weighted by molar-refractivity contribution is 0.101. The van der Waals surface area contributed by atoms with Gasteiger partial charge in [0.1, 0.15) is 5.75 Å². The van der Waals surface area contributed by atoms with E-state index < -0.39 is 0 Å². The van der Waals surface area contributed by atoms with Gasteiger partial charge in [-0.3, -0.25) is 4.79 Å². The quantitative estimate of drug-likeness (QED) is 0.551. The molecule has 0 fully saturated rings. The Labute approximate surface area is 160 Å². The molecule has 0 bridgehead atoms. The molecule has 1 unspecified atom stereocenters. The van der Waals surface area contributed by atoms with Gasteiger partial charge in [-0.2, -0.15) is 0 Å². The fourth-order valence-electron chi connectivity index (χ4n) is 2.98. The molecule has 3 heteroatoms. The van der Waals surface area contributed by atoms with Gasteiger partial charge in [0.15, 0.2) is 5.78 Å². The summed E-state index contributed by atoms with van der Waals surface area (Å²) in [5, 5.41) is 2.24. The minimum atomic E-state index is -0.0219. The van der Waals surface area contributed by atoms with Crippen LogP contribution in [-0.2, 0) is 10.8 Å². The van der Waals surface area contributed by atoms with Gasteiger partial charge in [-0.05, 0) is 34.7 Å². The summed E-state index contributed by atoms with van der Waals surface area (Å²) in [5.41, 5.74) is 3.34. The minimum absolute atomic E-state index is 0.0219. The fraction of sp³-hybridized carbons (Fsp3) is 0.435. The van der Waals surface area contributed by atoms with Crippen LogP contribution < -0.4 is 15.3 Å². The summed E-state index contributed by atoms with van der Waals surface area (Å²) in [4.78, 5) is 12.0. The Balaban J connectivity index is 2.70. The van der Waals surface area contributed by atoms with E-state index in [0.29, 0.717) is 8.58 Å². The van der Waals surface area contributed by atoms with Crippen LogP contribution in [0.15, 0.2) is 36.4 Å². The highest BCUT2D eigenvalue weighted by molar-refractivity contribution is 7.56. The molecule has 0 aliphatic heterocycles. The van der Waals surface area contributed by atoms with Crippen molar-refractivity contribution >= 4 is 25.0 Å². The number of Topliss-reactive ketones (excluding diaryl/α,β-unsaturated/α-hetero) is 1. The zero-order chi connectivity index (χ0) is 19.7. The predicted octanol–water partition coefficient (Wildman–Crippen LogP) is 5.12. The Kier molecular flexibility index (Phi) is 5.98. The maximum atomic E-state index is 12.0. The van der Waals surface area contributed by atoms with Crippen LogP contribution in [0.4, 0.5) is 0 Å². The molecule has 0 heterocycles. The number of hydrogen-bond acceptors (Lipinski definition) is 2. The van der Waals surface area contributed by atoms with E-state index in [2.05, 4.69) is 59.7 Å². The standard InChI is InChI=1S/C23H31O2P/c1-15(24)17-11-9-10-12-19(17)26-20-14-16(22(2,3)4)13-18(21(20)25-8)23(5,6)7/h9-14,26H,1-8H3. The summed E-state index contributed by atoms with van der Waals surface area (Å²) in [6.45, 7) is 15.0. The maximum Gasteiger partial charge on any atom is 0.160 e. The Hall–Kier alpha value is -1.66. The third-order valence-electron chi connectivity index (χ3n) is 4.54. The first-order chi connectivity index (χ1) is 11.9. The predicted molar refractivity (Wildman–Crippen MR) is 114 cm³/mol. The lowest BCUT2D eigenvalue weighted by Crippen LogP contribution is -2.23. The van der Waals surface area contributed by atoms with E-state index in [1.54, 1.807) is 14.0 Å². The smallest absolute Gasteiger partial charge is 0.160 e. The van der Waals surface area contributed by atoms with Crippen molar-refractivity contribution in [1.82, 2.24) is 0 Å². The fourth-order valence-corrected chi connectivity index (χ4v) is 4.42. The normalized spacial score (nSPS) is 12.6. The first-order valence-electron chi connectivity index (χ1n) is 9.05. The van der Waals surface area contributed by atoms with Crippen molar-refractivity contribution in [3.63, 3.8) is 0 Å². The van der Waals surface area contributed by atoms with Crippen LogP contribution in [0.3, 0.4) is 0 Å². The highest BCUT2D eigenvalue weighted by atomic mass is 31.1. The molecule has 0 spiro atoms. The molecular weight excluding hydrogens is 339 g/mol. The zero-order valence-corrected chi connectivity index (χ0v) is 18.3. The van der Waals surface area contributed by atoms with Gasteiger partial charge in [-0.15, -0.1) is 0 Å². The third kappa shape index (κ3) is 4.54. The van der Waals surface area contributed by atoms with Crippen LogP contribution in [0.5, 0.6) is 5.75 Å². The highest BCUT2D eigenvalue weighted by Gasteiger charge is 2.26. The lowest BCUT2D eigenvalue weighted by atomic mass is 9.80. The summed E-state index contributed by atoms with van der Waals surface area (Å²) in [6, 6.07) is 12.4. The van der Waals surface area contributed by atoms with Crippen LogP contribution >= 0.6 is 8.58 Å². The first-order valence-corrected chi connectivity index (χ1v) is 10.0. The maximum absolute atomic E-state index is 12.0. The molecule has 0 aliphatic carbocycles. The van der Waals surface area contributed by atoms with Gasteiger partial charge >= 0.3 is 0 Å². The van der Waals surface area contributed by atoms with Gasteiger partial charge in [-0.1, -0.05) is 80.5 Å². The van der Waals surface area contributed by atoms with Crippen molar-refractivity contribution in [3.05, 3.63) is 53.1 Å². The van der Waals surface area contributed by atoms with E-state index >= 15 is 0 Å². The van der Waals surface area contributed by atoms with Crippen molar-refractivity contribution < 1.29 is 9.53 Å². The molecule has 0 N–H and O–H groups in total. The monoisotopic (exact) mass is 370 g/mol. The molecule has 140 valence electrons. The Morgan fingerprint density at radius 2 is 1.54 bits per heavy atom. The highest BCUT2D eigenvalue weighted by Crippen LogP contribution is 2.37. The molecule has 0 radical (unpaired) electrons. The number of ether oxygens (including phenoxy) is 1. The molecule has 2 nitrogen and oxygen atoms in total. The number of carbonyl (C=O) groups is 1.